The van der Waals surface area contributed by atoms with Crippen molar-refractivity contribution >= 4 is 17.7 Å². The second-order valence-electron chi connectivity index (χ2n) is 7.80. The Kier molecular flexibility index (Phi) is 7.62. The summed E-state index contributed by atoms with van der Waals surface area (Å²) >= 11 is 0. The van der Waals surface area contributed by atoms with Gasteiger partial charge in [0.25, 0.3) is 0 Å². The maximum atomic E-state index is 13.1. The number of rotatable bonds is 7. The van der Waals surface area contributed by atoms with Crippen LogP contribution in [-0.2, 0) is 16.1 Å². The van der Waals surface area contributed by atoms with Crippen molar-refractivity contribution < 1.29 is 23.8 Å². The number of methoxy groups -OCH3 is 2. The van der Waals surface area contributed by atoms with Crippen LogP contribution in [0.25, 0.3) is 0 Å². The summed E-state index contributed by atoms with van der Waals surface area (Å²) < 4.78 is 16.5. The first-order valence-electron chi connectivity index (χ1n) is 11.0. The molecule has 0 N–H and O–H groups in total. The van der Waals surface area contributed by atoms with E-state index in [-0.39, 0.29) is 30.7 Å². The van der Waals surface area contributed by atoms with Gasteiger partial charge in [-0.1, -0.05) is 37.3 Å². The summed E-state index contributed by atoms with van der Waals surface area (Å²) in [6.45, 7) is 6.33. The van der Waals surface area contributed by atoms with Gasteiger partial charge in [-0.2, -0.15) is 0 Å². The van der Waals surface area contributed by atoms with Crippen LogP contribution in [0.3, 0.4) is 0 Å². The van der Waals surface area contributed by atoms with Gasteiger partial charge in [-0.25, -0.2) is 4.79 Å². The topological polar surface area (TPSA) is 68.3 Å². The fourth-order valence-corrected chi connectivity index (χ4v) is 4.29. The van der Waals surface area contributed by atoms with E-state index in [9.17, 15) is 9.59 Å². The van der Waals surface area contributed by atoms with Gasteiger partial charge in [0.15, 0.2) is 11.5 Å². The fraction of sp³-hybridized carbons (Fsp3) is 0.440. The average Bonchev–Trinajstić information content (AvgIpc) is 2.81. The molecule has 1 heterocycles. The van der Waals surface area contributed by atoms with Crippen molar-refractivity contribution in [1.82, 2.24) is 4.90 Å². The normalized spacial score (nSPS) is 17.3. The molecule has 2 aromatic carbocycles. The van der Waals surface area contributed by atoms with Crippen molar-refractivity contribution in [2.24, 2.45) is 0 Å². The van der Waals surface area contributed by atoms with Crippen LogP contribution in [-0.4, -0.2) is 43.8 Å². The first-order chi connectivity index (χ1) is 15.4. The number of fused-ring (bicyclic) bond motifs is 1. The summed E-state index contributed by atoms with van der Waals surface area (Å²) in [5.74, 6) is 1.12. The quantitative estimate of drug-likeness (QED) is 0.610. The second kappa shape index (κ2) is 10.4. The van der Waals surface area contributed by atoms with Crippen LogP contribution in [0.2, 0.25) is 0 Å². The van der Waals surface area contributed by atoms with Gasteiger partial charge in [-0.3, -0.25) is 9.69 Å². The lowest BCUT2D eigenvalue weighted by atomic mass is 9.89. The lowest BCUT2D eigenvalue weighted by Gasteiger charge is -2.43. The standard InChI is InChI=1S/C25H32N2O5/c1-6-24(28)27-17(3)13-20(19-14-22(30-4)23(31-5)15-21(19)27)26(25(29)32-7-2)16-18-11-9-8-10-12-18/h8-12,14-15,17,20H,6-7,13,16H2,1-5H3. The molecular formula is C25H32N2O5. The predicted molar refractivity (Wildman–Crippen MR) is 123 cm³/mol. The van der Waals surface area contributed by atoms with Gasteiger partial charge < -0.3 is 19.1 Å². The van der Waals surface area contributed by atoms with Crippen LogP contribution in [0.5, 0.6) is 11.5 Å². The zero-order valence-electron chi connectivity index (χ0n) is 19.5. The highest BCUT2D eigenvalue weighted by atomic mass is 16.6. The maximum absolute atomic E-state index is 13.1. The Balaban J connectivity index is 2.14. The van der Waals surface area contributed by atoms with Gasteiger partial charge in [0.2, 0.25) is 5.91 Å². The zero-order chi connectivity index (χ0) is 23.3. The maximum Gasteiger partial charge on any atom is 0.410 e. The molecule has 3 rings (SSSR count). The molecule has 7 heteroatoms. The van der Waals surface area contributed by atoms with E-state index in [2.05, 4.69) is 0 Å². The van der Waals surface area contributed by atoms with Crippen LogP contribution in [0.4, 0.5) is 10.5 Å². The molecule has 32 heavy (non-hydrogen) atoms. The van der Waals surface area contributed by atoms with E-state index < -0.39 is 0 Å². The van der Waals surface area contributed by atoms with Crippen molar-refractivity contribution in [3.05, 3.63) is 53.6 Å². The largest absolute Gasteiger partial charge is 0.493 e. The van der Waals surface area contributed by atoms with Gasteiger partial charge in [0, 0.05) is 30.6 Å². The summed E-state index contributed by atoms with van der Waals surface area (Å²) in [6, 6.07) is 13.1. The number of amides is 2. The van der Waals surface area contributed by atoms with Crippen LogP contribution >= 0.6 is 0 Å². The van der Waals surface area contributed by atoms with Gasteiger partial charge in [0.1, 0.15) is 0 Å². The Hall–Kier alpha value is -3.22. The van der Waals surface area contributed by atoms with E-state index in [1.54, 1.807) is 30.9 Å². The summed E-state index contributed by atoms with van der Waals surface area (Å²) in [6.07, 6.45) is 0.582. The molecule has 0 radical (unpaired) electrons. The lowest BCUT2D eigenvalue weighted by Crippen LogP contribution is -2.47. The molecule has 2 aromatic rings. The number of ether oxygens (including phenoxy) is 3. The van der Waals surface area contributed by atoms with E-state index in [0.29, 0.717) is 30.9 Å². The van der Waals surface area contributed by atoms with Gasteiger partial charge >= 0.3 is 6.09 Å². The zero-order valence-corrected chi connectivity index (χ0v) is 19.5. The first-order valence-corrected chi connectivity index (χ1v) is 11.0. The smallest absolute Gasteiger partial charge is 0.410 e. The lowest BCUT2D eigenvalue weighted by molar-refractivity contribution is -0.118. The molecule has 0 spiro atoms. The summed E-state index contributed by atoms with van der Waals surface area (Å²) in [4.78, 5) is 29.5. The Morgan fingerprint density at radius 3 is 2.31 bits per heavy atom. The first kappa shape index (κ1) is 23.4. The number of hydrogen-bond acceptors (Lipinski definition) is 5. The van der Waals surface area contributed by atoms with Crippen LogP contribution in [0.15, 0.2) is 42.5 Å². The van der Waals surface area contributed by atoms with E-state index in [1.807, 2.05) is 56.3 Å². The number of carbonyl (C=O) groups is 2. The van der Waals surface area contributed by atoms with Crippen molar-refractivity contribution in [1.29, 1.82) is 0 Å². The summed E-state index contributed by atoms with van der Waals surface area (Å²) in [7, 11) is 3.15. The molecule has 0 aliphatic carbocycles. The number of benzene rings is 2. The van der Waals surface area contributed by atoms with Crippen molar-refractivity contribution in [2.75, 3.05) is 25.7 Å². The molecule has 7 nitrogen and oxygen atoms in total. The molecule has 0 bridgehead atoms. The van der Waals surface area contributed by atoms with Crippen LogP contribution < -0.4 is 14.4 Å². The molecule has 172 valence electrons. The molecule has 0 aromatic heterocycles. The Morgan fingerprint density at radius 1 is 1.06 bits per heavy atom. The molecule has 0 saturated heterocycles. The van der Waals surface area contributed by atoms with Crippen molar-refractivity contribution in [3.63, 3.8) is 0 Å². The van der Waals surface area contributed by atoms with Crippen LogP contribution in [0, 0.1) is 0 Å². The number of carbonyl (C=O) groups excluding carboxylic acids is 2. The number of hydrogen-bond donors (Lipinski definition) is 0. The van der Waals surface area contributed by atoms with Crippen molar-refractivity contribution in [2.45, 2.75) is 52.2 Å². The van der Waals surface area contributed by atoms with Crippen molar-refractivity contribution in [3.8, 4) is 11.5 Å². The minimum Gasteiger partial charge on any atom is -0.493 e. The Morgan fingerprint density at radius 2 is 1.72 bits per heavy atom. The molecule has 1 aliphatic heterocycles. The Bertz CT molecular complexity index is 947. The summed E-state index contributed by atoms with van der Waals surface area (Å²) in [5.41, 5.74) is 2.58. The third kappa shape index (κ3) is 4.66. The highest BCUT2D eigenvalue weighted by Gasteiger charge is 2.39. The fourth-order valence-electron chi connectivity index (χ4n) is 4.29. The average molecular weight is 441 g/mol. The highest BCUT2D eigenvalue weighted by molar-refractivity contribution is 5.96. The van der Waals surface area contributed by atoms with Gasteiger partial charge in [-0.05, 0) is 31.9 Å². The van der Waals surface area contributed by atoms with E-state index in [1.165, 1.54) is 0 Å². The number of nitrogens with zero attached hydrogens (tertiary/aromatic N) is 2. The van der Waals surface area contributed by atoms with E-state index in [4.69, 9.17) is 14.2 Å². The minimum absolute atomic E-state index is 0.0233. The van der Waals surface area contributed by atoms with Crippen LogP contribution in [0.1, 0.15) is 50.8 Å². The molecular weight excluding hydrogens is 408 g/mol. The highest BCUT2D eigenvalue weighted by Crippen LogP contribution is 2.46. The molecule has 1 aliphatic rings. The predicted octanol–water partition coefficient (Wildman–Crippen LogP) is 4.94. The van der Waals surface area contributed by atoms with Gasteiger partial charge in [0.05, 0.1) is 32.6 Å². The Labute approximate surface area is 189 Å². The van der Waals surface area contributed by atoms with Gasteiger partial charge in [-0.15, -0.1) is 0 Å². The second-order valence-corrected chi connectivity index (χ2v) is 7.80. The SMILES string of the molecule is CCOC(=O)N(Cc1ccccc1)C1CC(C)N(C(=O)CC)c2cc(OC)c(OC)cc21. The minimum atomic E-state index is -0.385. The molecule has 2 amide bonds. The monoisotopic (exact) mass is 440 g/mol. The van der Waals surface area contributed by atoms with E-state index >= 15 is 0 Å². The van der Waals surface area contributed by atoms with E-state index in [0.717, 1.165) is 16.8 Å². The molecule has 2 atom stereocenters. The molecule has 2 unspecified atom stereocenters. The molecule has 0 fully saturated rings. The third-order valence-electron chi connectivity index (χ3n) is 5.80. The molecule has 0 saturated carbocycles. The third-order valence-corrected chi connectivity index (χ3v) is 5.80. The number of anilines is 1. The summed E-state index contributed by atoms with van der Waals surface area (Å²) in [5, 5.41) is 0.